The van der Waals surface area contributed by atoms with Crippen LogP contribution in [0.4, 0.5) is 0 Å². The van der Waals surface area contributed by atoms with Gasteiger partial charge in [0.15, 0.2) is 0 Å². The van der Waals surface area contributed by atoms with E-state index in [-0.39, 0.29) is 18.6 Å². The van der Waals surface area contributed by atoms with E-state index in [1.807, 2.05) is 0 Å². The van der Waals surface area contributed by atoms with Gasteiger partial charge in [-0.3, -0.25) is 9.98 Å². The van der Waals surface area contributed by atoms with Crippen molar-refractivity contribution in [3.05, 3.63) is 0 Å². The maximum atomic E-state index is 4.32. The quantitative estimate of drug-likeness (QED) is 0.733. The van der Waals surface area contributed by atoms with Gasteiger partial charge in [0, 0.05) is 23.9 Å². The molecule has 0 fully saturated rings. The third kappa shape index (κ3) is 7.10. The highest BCUT2D eigenvalue weighted by Gasteiger charge is 2.14. The van der Waals surface area contributed by atoms with Crippen LogP contribution in [0, 0.1) is 11.8 Å². The monoisotopic (exact) mass is 305 g/mol. The Balaban J connectivity index is 0. The molecular formula is C14H32ClN5. The fourth-order valence-electron chi connectivity index (χ4n) is 1.86. The third-order valence-corrected chi connectivity index (χ3v) is 2.95. The second kappa shape index (κ2) is 10.00. The molecule has 0 aromatic heterocycles. The van der Waals surface area contributed by atoms with Gasteiger partial charge in [-0.15, -0.1) is 12.4 Å². The first-order valence-electron chi connectivity index (χ1n) is 7.01. The maximum Gasteiger partial charge on any atom is 0.0992 e. The molecule has 0 saturated carbocycles. The number of hydrogen-bond acceptors (Lipinski definition) is 5. The van der Waals surface area contributed by atoms with Crippen LogP contribution in [0.25, 0.3) is 0 Å². The predicted molar refractivity (Wildman–Crippen MR) is 91.7 cm³/mol. The second-order valence-corrected chi connectivity index (χ2v) is 5.85. The van der Waals surface area contributed by atoms with Crippen molar-refractivity contribution in [2.24, 2.45) is 21.8 Å². The molecule has 2 rings (SSSR count). The van der Waals surface area contributed by atoms with E-state index in [0.717, 1.165) is 13.1 Å². The lowest BCUT2D eigenvalue weighted by atomic mass is 10.2. The number of halogens is 1. The first kappa shape index (κ1) is 21.5. The smallest absolute Gasteiger partial charge is 0.0992 e. The number of nitrogens with one attached hydrogen (secondary N) is 2. The highest BCUT2D eigenvalue weighted by atomic mass is 35.5. The van der Waals surface area contributed by atoms with Crippen molar-refractivity contribution >= 4 is 24.1 Å². The topological polar surface area (TPSA) is 83.8 Å². The Bertz CT molecular complexity index is 294. The molecule has 2 aliphatic rings. The lowest BCUT2D eigenvalue weighted by Crippen LogP contribution is -2.30. The maximum absolute atomic E-state index is 4.32. The van der Waals surface area contributed by atoms with Crippen molar-refractivity contribution in [3.8, 4) is 0 Å². The first-order valence-corrected chi connectivity index (χ1v) is 7.01. The molecule has 0 aliphatic carbocycles. The zero-order valence-electron chi connectivity index (χ0n) is 13.7. The van der Waals surface area contributed by atoms with E-state index in [2.05, 4.69) is 62.2 Å². The summed E-state index contributed by atoms with van der Waals surface area (Å²) in [6.45, 7) is 14.8. The normalized spacial score (nSPS) is 23.6. The summed E-state index contributed by atoms with van der Waals surface area (Å²) in [7, 11) is 0. The highest BCUT2D eigenvalue weighted by molar-refractivity contribution is 5.86. The third-order valence-electron chi connectivity index (χ3n) is 2.95. The average Bonchev–Trinajstić information content (AvgIpc) is 2.88. The van der Waals surface area contributed by atoms with Crippen LogP contribution in [0.5, 0.6) is 0 Å². The summed E-state index contributed by atoms with van der Waals surface area (Å²) in [4.78, 5) is 8.64. The van der Waals surface area contributed by atoms with E-state index in [1.165, 1.54) is 11.7 Å². The number of aliphatic imine (C=N–C) groups is 2. The molecule has 5 nitrogen and oxygen atoms in total. The second-order valence-electron chi connectivity index (χ2n) is 5.85. The first-order chi connectivity index (χ1) is 8.40. The van der Waals surface area contributed by atoms with Crippen molar-refractivity contribution in [2.45, 2.75) is 53.6 Å². The average molecular weight is 306 g/mol. The molecule has 2 atom stereocenters. The molecule has 2 aliphatic heterocycles. The summed E-state index contributed by atoms with van der Waals surface area (Å²) in [5, 5.41) is 6.61. The fourth-order valence-corrected chi connectivity index (χ4v) is 1.86. The molecule has 2 heterocycles. The Morgan fingerprint density at radius 1 is 0.850 bits per heavy atom. The van der Waals surface area contributed by atoms with Gasteiger partial charge in [-0.1, -0.05) is 27.7 Å². The molecule has 120 valence electrons. The highest BCUT2D eigenvalue weighted by Crippen LogP contribution is 2.03. The van der Waals surface area contributed by atoms with E-state index in [0.29, 0.717) is 23.9 Å². The lowest BCUT2D eigenvalue weighted by Gasteiger charge is -2.07. The van der Waals surface area contributed by atoms with Crippen molar-refractivity contribution in [1.82, 2.24) is 16.8 Å². The number of hydrogen-bond donors (Lipinski definition) is 3. The van der Waals surface area contributed by atoms with E-state index >= 15 is 0 Å². The van der Waals surface area contributed by atoms with Crippen molar-refractivity contribution in [2.75, 3.05) is 13.1 Å². The lowest BCUT2D eigenvalue weighted by molar-refractivity contribution is 0.708. The number of rotatable bonds is 2. The minimum atomic E-state index is 0. The van der Waals surface area contributed by atoms with Crippen LogP contribution in [0.3, 0.4) is 0 Å². The Labute approximate surface area is 130 Å². The summed E-state index contributed by atoms with van der Waals surface area (Å²) < 4.78 is 0. The molecule has 20 heavy (non-hydrogen) atoms. The summed E-state index contributed by atoms with van der Waals surface area (Å²) >= 11 is 0. The SMILES string of the molecule is CC1CN=C(C(C)C)N1.CC1CN=C(C(C)C)N1.Cl.N. The standard InChI is InChI=1S/2C7H14N2.ClH.H3N/c2*1-5(2)7-8-4-6(3)9-7;;/h2*5-6H,4H2,1-3H3,(H,8,9);1H;1H3. The molecule has 0 bridgehead atoms. The van der Waals surface area contributed by atoms with Crippen LogP contribution in [-0.2, 0) is 0 Å². The molecule has 0 aromatic rings. The molecule has 0 saturated heterocycles. The van der Waals surface area contributed by atoms with Gasteiger partial charge in [0.2, 0.25) is 0 Å². The molecule has 6 heteroatoms. The molecule has 0 spiro atoms. The Kier molecular flexibility index (Phi) is 10.7. The summed E-state index contributed by atoms with van der Waals surface area (Å²) in [6, 6.07) is 1.12. The van der Waals surface area contributed by atoms with E-state index in [9.17, 15) is 0 Å². The molecule has 0 aromatic carbocycles. The van der Waals surface area contributed by atoms with Gasteiger partial charge < -0.3 is 16.8 Å². The minimum absolute atomic E-state index is 0. The molecule has 5 N–H and O–H groups in total. The van der Waals surface area contributed by atoms with Gasteiger partial charge in [-0.25, -0.2) is 0 Å². The zero-order chi connectivity index (χ0) is 13.7. The van der Waals surface area contributed by atoms with Crippen LogP contribution >= 0.6 is 12.4 Å². The largest absolute Gasteiger partial charge is 0.369 e. The van der Waals surface area contributed by atoms with Gasteiger partial charge in [-0.2, -0.15) is 0 Å². The predicted octanol–water partition coefficient (Wildman–Crippen LogP) is 2.65. The van der Waals surface area contributed by atoms with Crippen LogP contribution in [0.2, 0.25) is 0 Å². The van der Waals surface area contributed by atoms with E-state index in [4.69, 9.17) is 0 Å². The van der Waals surface area contributed by atoms with Crippen LogP contribution in [-0.4, -0.2) is 36.8 Å². The zero-order valence-corrected chi connectivity index (χ0v) is 14.5. The van der Waals surface area contributed by atoms with Crippen LogP contribution < -0.4 is 16.8 Å². The van der Waals surface area contributed by atoms with Crippen LogP contribution in [0.1, 0.15) is 41.5 Å². The fraction of sp³-hybridized carbons (Fsp3) is 0.857. The summed E-state index contributed by atoms with van der Waals surface area (Å²) in [6.07, 6.45) is 0. The molecule has 0 amide bonds. The van der Waals surface area contributed by atoms with Crippen molar-refractivity contribution in [3.63, 3.8) is 0 Å². The molecular weight excluding hydrogens is 274 g/mol. The van der Waals surface area contributed by atoms with E-state index in [1.54, 1.807) is 0 Å². The Morgan fingerprint density at radius 2 is 1.15 bits per heavy atom. The van der Waals surface area contributed by atoms with E-state index < -0.39 is 0 Å². The number of nitrogens with zero attached hydrogens (tertiary/aromatic N) is 2. The Morgan fingerprint density at radius 3 is 1.25 bits per heavy atom. The van der Waals surface area contributed by atoms with Crippen molar-refractivity contribution < 1.29 is 0 Å². The molecule has 0 radical (unpaired) electrons. The van der Waals surface area contributed by atoms with Gasteiger partial charge in [0.05, 0.1) is 24.8 Å². The summed E-state index contributed by atoms with van der Waals surface area (Å²) in [5.41, 5.74) is 0. The summed E-state index contributed by atoms with van der Waals surface area (Å²) in [5.74, 6) is 3.47. The van der Waals surface area contributed by atoms with Gasteiger partial charge >= 0.3 is 0 Å². The molecule has 2 unspecified atom stereocenters. The van der Waals surface area contributed by atoms with Crippen LogP contribution in [0.15, 0.2) is 9.98 Å². The van der Waals surface area contributed by atoms with Gasteiger partial charge in [0.25, 0.3) is 0 Å². The van der Waals surface area contributed by atoms with Gasteiger partial charge in [0.1, 0.15) is 0 Å². The number of amidine groups is 2. The van der Waals surface area contributed by atoms with Crippen molar-refractivity contribution in [1.29, 1.82) is 0 Å². The Hall–Kier alpha value is -0.810. The van der Waals surface area contributed by atoms with Gasteiger partial charge in [-0.05, 0) is 13.8 Å². The minimum Gasteiger partial charge on any atom is -0.369 e.